The molecule has 27 heavy (non-hydrogen) atoms. The molecule has 0 radical (unpaired) electrons. The standard InChI is InChI=1S/C19H17ClN4O3/c1-3-27-18(26)15-13(11-6-4-5-7-12(11)20)14-16(10(8-21)9-22)23-19(15,2)24-17(14)25/h4-7,13-15,23H,3H2,1-2H3,(H,24,25). The van der Waals surface area contributed by atoms with E-state index in [4.69, 9.17) is 16.3 Å². The number of hydrogen-bond acceptors (Lipinski definition) is 6. The van der Waals surface area contributed by atoms with E-state index >= 15 is 0 Å². The first-order valence-corrected chi connectivity index (χ1v) is 8.81. The van der Waals surface area contributed by atoms with E-state index in [1.54, 1.807) is 38.1 Å². The van der Waals surface area contributed by atoms with Crippen molar-refractivity contribution in [1.82, 2.24) is 10.6 Å². The van der Waals surface area contributed by atoms with Gasteiger partial charge in [0.1, 0.15) is 29.3 Å². The number of nitrogens with one attached hydrogen (secondary N) is 2. The summed E-state index contributed by atoms with van der Waals surface area (Å²) in [6, 6.07) is 10.6. The highest BCUT2D eigenvalue weighted by atomic mass is 35.5. The van der Waals surface area contributed by atoms with E-state index in [9.17, 15) is 20.1 Å². The van der Waals surface area contributed by atoms with Crippen molar-refractivity contribution in [2.24, 2.45) is 11.8 Å². The van der Waals surface area contributed by atoms with Crippen LogP contribution in [0.25, 0.3) is 0 Å². The van der Waals surface area contributed by atoms with Crippen molar-refractivity contribution >= 4 is 23.5 Å². The number of esters is 1. The van der Waals surface area contributed by atoms with Crippen molar-refractivity contribution in [2.75, 3.05) is 6.61 Å². The first-order chi connectivity index (χ1) is 12.9. The molecule has 1 amide bonds. The minimum atomic E-state index is -1.23. The molecule has 7 nitrogen and oxygen atoms in total. The molecular weight excluding hydrogens is 368 g/mol. The molecule has 3 aliphatic heterocycles. The molecule has 4 atom stereocenters. The van der Waals surface area contributed by atoms with Gasteiger partial charge in [0.2, 0.25) is 5.91 Å². The van der Waals surface area contributed by atoms with Gasteiger partial charge in [-0.2, -0.15) is 10.5 Å². The maximum Gasteiger partial charge on any atom is 0.313 e. The third kappa shape index (κ3) is 2.90. The molecule has 0 aliphatic carbocycles. The second-order valence-corrected chi connectivity index (χ2v) is 6.99. The zero-order chi connectivity index (χ0) is 19.8. The number of hydrogen-bond donors (Lipinski definition) is 2. The van der Waals surface area contributed by atoms with E-state index in [0.717, 1.165) is 0 Å². The number of nitrogens with zero attached hydrogens (tertiary/aromatic N) is 2. The van der Waals surface area contributed by atoms with Gasteiger partial charge in [-0.25, -0.2) is 0 Å². The fourth-order valence-corrected chi connectivity index (χ4v) is 4.25. The summed E-state index contributed by atoms with van der Waals surface area (Å²) in [5, 5.41) is 24.9. The maximum atomic E-state index is 12.8. The zero-order valence-electron chi connectivity index (χ0n) is 14.7. The Bertz CT molecular complexity index is 914. The average Bonchev–Trinajstić information content (AvgIpc) is 2.62. The number of allylic oxidation sites excluding steroid dienone is 1. The monoisotopic (exact) mass is 384 g/mol. The first kappa shape index (κ1) is 18.8. The molecule has 4 unspecified atom stereocenters. The molecule has 0 saturated carbocycles. The molecule has 0 spiro atoms. The van der Waals surface area contributed by atoms with E-state index in [2.05, 4.69) is 10.6 Å². The fourth-order valence-electron chi connectivity index (χ4n) is 3.99. The Hall–Kier alpha value is -3.03. The van der Waals surface area contributed by atoms with Crippen molar-refractivity contribution in [3.05, 3.63) is 46.1 Å². The normalized spacial score (nSPS) is 28.4. The van der Waals surface area contributed by atoms with Crippen molar-refractivity contribution in [1.29, 1.82) is 10.5 Å². The van der Waals surface area contributed by atoms with E-state index < -0.39 is 29.4 Å². The summed E-state index contributed by atoms with van der Waals surface area (Å²) in [5.41, 5.74) is -0.620. The SMILES string of the molecule is CCOC(=O)C1C(c2ccccc2Cl)C2C(=O)NC1(C)NC2=C(C#N)C#N. The summed E-state index contributed by atoms with van der Waals surface area (Å²) >= 11 is 6.38. The van der Waals surface area contributed by atoms with E-state index in [1.807, 2.05) is 12.1 Å². The number of carbonyl (C=O) groups excluding carboxylic acids is 2. The van der Waals surface area contributed by atoms with Gasteiger partial charge in [0, 0.05) is 10.9 Å². The van der Waals surface area contributed by atoms with Crippen LogP contribution in [0.2, 0.25) is 5.02 Å². The highest BCUT2D eigenvalue weighted by Crippen LogP contribution is 2.50. The maximum absolute atomic E-state index is 12.8. The third-order valence-electron chi connectivity index (χ3n) is 5.01. The van der Waals surface area contributed by atoms with Gasteiger partial charge in [-0.3, -0.25) is 9.59 Å². The van der Waals surface area contributed by atoms with Crippen LogP contribution in [-0.4, -0.2) is 24.1 Å². The minimum absolute atomic E-state index is 0.184. The highest BCUT2D eigenvalue weighted by molar-refractivity contribution is 6.31. The van der Waals surface area contributed by atoms with Crippen LogP contribution in [0.15, 0.2) is 35.5 Å². The summed E-state index contributed by atoms with van der Waals surface area (Å²) in [6.45, 7) is 3.52. The van der Waals surface area contributed by atoms with Crippen molar-refractivity contribution < 1.29 is 14.3 Å². The van der Waals surface area contributed by atoms with Crippen LogP contribution >= 0.6 is 11.6 Å². The van der Waals surface area contributed by atoms with Gasteiger partial charge in [-0.05, 0) is 25.5 Å². The molecule has 1 aromatic rings. The third-order valence-corrected chi connectivity index (χ3v) is 5.35. The zero-order valence-corrected chi connectivity index (χ0v) is 15.5. The van der Waals surface area contributed by atoms with Crippen LogP contribution in [-0.2, 0) is 14.3 Å². The predicted molar refractivity (Wildman–Crippen MR) is 95.7 cm³/mol. The van der Waals surface area contributed by atoms with Crippen molar-refractivity contribution in [2.45, 2.75) is 25.4 Å². The number of halogens is 1. The van der Waals surface area contributed by atoms with E-state index in [-0.39, 0.29) is 23.8 Å². The molecule has 2 bridgehead atoms. The average molecular weight is 385 g/mol. The number of piperidine rings is 2. The summed E-state index contributed by atoms with van der Waals surface area (Å²) in [5.74, 6) is -3.26. The molecule has 3 aliphatic rings. The van der Waals surface area contributed by atoms with Crippen molar-refractivity contribution in [3.8, 4) is 12.1 Å². The number of nitriles is 2. The van der Waals surface area contributed by atoms with Gasteiger partial charge in [0.05, 0.1) is 18.2 Å². The number of rotatable bonds is 3. The van der Waals surface area contributed by atoms with Crippen LogP contribution in [0.3, 0.4) is 0 Å². The Morgan fingerprint density at radius 1 is 1.30 bits per heavy atom. The highest BCUT2D eigenvalue weighted by Gasteiger charge is 2.61. The van der Waals surface area contributed by atoms with E-state index in [1.165, 1.54) is 0 Å². The molecular formula is C19H17ClN4O3. The lowest BCUT2D eigenvalue weighted by Crippen LogP contribution is -2.75. The summed E-state index contributed by atoms with van der Waals surface area (Å²) in [7, 11) is 0. The number of ether oxygens (including phenoxy) is 1. The molecule has 3 fully saturated rings. The second kappa shape index (κ2) is 6.94. The van der Waals surface area contributed by atoms with Crippen LogP contribution < -0.4 is 10.6 Å². The number of carbonyl (C=O) groups is 2. The number of fused-ring (bicyclic) bond motifs is 3. The van der Waals surface area contributed by atoms with E-state index in [0.29, 0.717) is 10.6 Å². The smallest absolute Gasteiger partial charge is 0.313 e. The number of benzene rings is 1. The second-order valence-electron chi connectivity index (χ2n) is 6.58. The van der Waals surface area contributed by atoms with Crippen LogP contribution in [0.4, 0.5) is 0 Å². The molecule has 3 heterocycles. The van der Waals surface area contributed by atoms with Gasteiger partial charge in [-0.1, -0.05) is 29.8 Å². The summed E-state index contributed by atoms with van der Waals surface area (Å²) in [4.78, 5) is 25.6. The number of amides is 1. The van der Waals surface area contributed by atoms with Gasteiger partial charge in [0.25, 0.3) is 0 Å². The molecule has 0 aromatic heterocycles. The summed E-state index contributed by atoms with van der Waals surface area (Å²) in [6.07, 6.45) is 0. The Morgan fingerprint density at radius 3 is 2.56 bits per heavy atom. The fraction of sp³-hybridized carbons (Fsp3) is 0.368. The molecule has 4 rings (SSSR count). The van der Waals surface area contributed by atoms with Gasteiger partial charge >= 0.3 is 5.97 Å². The first-order valence-electron chi connectivity index (χ1n) is 8.43. The molecule has 2 N–H and O–H groups in total. The Labute approximate surface area is 161 Å². The Morgan fingerprint density at radius 2 is 1.96 bits per heavy atom. The lowest BCUT2D eigenvalue weighted by molar-refractivity contribution is -0.160. The summed E-state index contributed by atoms with van der Waals surface area (Å²) < 4.78 is 5.26. The molecule has 3 saturated heterocycles. The lowest BCUT2D eigenvalue weighted by atomic mass is 9.63. The van der Waals surface area contributed by atoms with Crippen molar-refractivity contribution in [3.63, 3.8) is 0 Å². The lowest BCUT2D eigenvalue weighted by Gasteiger charge is -2.55. The minimum Gasteiger partial charge on any atom is -0.466 e. The van der Waals surface area contributed by atoms with Crippen LogP contribution in [0.5, 0.6) is 0 Å². The molecule has 138 valence electrons. The molecule has 1 aromatic carbocycles. The topological polar surface area (TPSA) is 115 Å². The van der Waals surface area contributed by atoms with Gasteiger partial charge in [0.15, 0.2) is 0 Å². The van der Waals surface area contributed by atoms with Gasteiger partial charge < -0.3 is 15.4 Å². The Balaban J connectivity index is 2.27. The van der Waals surface area contributed by atoms with Crippen LogP contribution in [0.1, 0.15) is 25.3 Å². The van der Waals surface area contributed by atoms with Gasteiger partial charge in [-0.15, -0.1) is 0 Å². The quantitative estimate of drug-likeness (QED) is 0.608. The Kier molecular flexibility index (Phi) is 4.82. The predicted octanol–water partition coefficient (Wildman–Crippen LogP) is 1.97. The molecule has 8 heteroatoms. The largest absolute Gasteiger partial charge is 0.466 e. The van der Waals surface area contributed by atoms with Crippen LogP contribution in [0, 0.1) is 34.5 Å².